The second-order valence-corrected chi connectivity index (χ2v) is 6.75. The Morgan fingerprint density at radius 2 is 2.28 bits per heavy atom. The van der Waals surface area contributed by atoms with E-state index in [1.54, 1.807) is 0 Å². The van der Waals surface area contributed by atoms with Gasteiger partial charge < -0.3 is 10.6 Å². The molecule has 2 aliphatic rings. The summed E-state index contributed by atoms with van der Waals surface area (Å²) in [7, 11) is 0. The number of anilines is 1. The number of thioether (sulfide) groups is 1. The van der Waals surface area contributed by atoms with Gasteiger partial charge in [-0.1, -0.05) is 24.6 Å². The molecule has 18 heavy (non-hydrogen) atoms. The molecule has 0 spiro atoms. The van der Waals surface area contributed by atoms with E-state index in [2.05, 4.69) is 35.1 Å². The summed E-state index contributed by atoms with van der Waals surface area (Å²) in [5.41, 5.74) is 4.30. The van der Waals surface area contributed by atoms with Crippen LogP contribution in [-0.4, -0.2) is 24.1 Å². The summed E-state index contributed by atoms with van der Waals surface area (Å²) in [5, 5.41) is 7.18. The van der Waals surface area contributed by atoms with Crippen molar-refractivity contribution in [2.45, 2.75) is 37.0 Å². The fourth-order valence-electron chi connectivity index (χ4n) is 3.01. The lowest BCUT2D eigenvalue weighted by molar-refractivity contribution is 0.345. The van der Waals surface area contributed by atoms with Crippen molar-refractivity contribution in [2.24, 2.45) is 0 Å². The summed E-state index contributed by atoms with van der Waals surface area (Å²) in [4.78, 5) is 0. The number of hydrogen-bond acceptors (Lipinski definition) is 3. The lowest BCUT2D eigenvalue weighted by Gasteiger charge is -2.40. The molecule has 0 amide bonds. The van der Waals surface area contributed by atoms with Crippen LogP contribution in [0.25, 0.3) is 0 Å². The smallest absolute Gasteiger partial charge is 0.0419 e. The van der Waals surface area contributed by atoms with Gasteiger partial charge in [0.2, 0.25) is 0 Å². The van der Waals surface area contributed by atoms with Crippen LogP contribution >= 0.6 is 11.8 Å². The van der Waals surface area contributed by atoms with E-state index in [1.165, 1.54) is 42.5 Å². The first-order valence-corrected chi connectivity index (χ1v) is 8.16. The Hall–Kier alpha value is -0.670. The van der Waals surface area contributed by atoms with E-state index in [-0.39, 0.29) is 0 Å². The molecule has 0 unspecified atom stereocenters. The summed E-state index contributed by atoms with van der Waals surface area (Å²) >= 11 is 2.04. The second kappa shape index (κ2) is 5.14. The monoisotopic (exact) mass is 262 g/mol. The summed E-state index contributed by atoms with van der Waals surface area (Å²) in [5.74, 6) is 0. The largest absolute Gasteiger partial charge is 0.384 e. The first kappa shape index (κ1) is 12.4. The Morgan fingerprint density at radius 1 is 1.39 bits per heavy atom. The highest BCUT2D eigenvalue weighted by Crippen LogP contribution is 2.42. The molecule has 2 N–H and O–H groups in total. The number of fused-ring (bicyclic) bond motifs is 1. The number of benzene rings is 1. The molecule has 1 saturated carbocycles. The highest BCUT2D eigenvalue weighted by Gasteiger charge is 2.35. The minimum absolute atomic E-state index is 0.533. The lowest BCUT2D eigenvalue weighted by atomic mass is 9.84. The van der Waals surface area contributed by atoms with Crippen LogP contribution in [-0.2, 0) is 13.0 Å². The highest BCUT2D eigenvalue weighted by atomic mass is 32.2. The van der Waals surface area contributed by atoms with Gasteiger partial charge in [0.25, 0.3) is 0 Å². The first-order valence-electron chi connectivity index (χ1n) is 6.93. The maximum atomic E-state index is 3.66. The van der Waals surface area contributed by atoms with Gasteiger partial charge in [-0.2, -0.15) is 11.8 Å². The topological polar surface area (TPSA) is 24.1 Å². The molecular formula is C15H22N2S. The van der Waals surface area contributed by atoms with Gasteiger partial charge in [0, 0.05) is 30.1 Å². The van der Waals surface area contributed by atoms with E-state index in [0.717, 1.165) is 19.6 Å². The molecule has 1 aliphatic carbocycles. The van der Waals surface area contributed by atoms with E-state index >= 15 is 0 Å². The third-order valence-corrected chi connectivity index (χ3v) is 5.81. The molecule has 1 heterocycles. The molecule has 0 bridgehead atoms. The Morgan fingerprint density at radius 3 is 3.00 bits per heavy atom. The molecule has 0 saturated heterocycles. The SMILES string of the molecule is CSC1(CNCc2cccc3c2NCC3)CCC1. The maximum absolute atomic E-state index is 3.66. The zero-order valence-corrected chi connectivity index (χ0v) is 11.9. The first-order chi connectivity index (χ1) is 8.83. The molecule has 2 nitrogen and oxygen atoms in total. The normalized spacial score (nSPS) is 20.1. The Balaban J connectivity index is 1.59. The third kappa shape index (κ3) is 2.26. The van der Waals surface area contributed by atoms with Gasteiger partial charge in [0.1, 0.15) is 0 Å². The molecule has 3 heteroatoms. The fraction of sp³-hybridized carbons (Fsp3) is 0.600. The fourth-order valence-corrected chi connectivity index (χ4v) is 3.95. The number of nitrogens with one attached hydrogen (secondary N) is 2. The molecule has 1 fully saturated rings. The molecule has 0 atom stereocenters. The van der Waals surface area contributed by atoms with Gasteiger partial charge in [-0.15, -0.1) is 0 Å². The van der Waals surface area contributed by atoms with Gasteiger partial charge in [-0.05, 0) is 36.6 Å². The van der Waals surface area contributed by atoms with Gasteiger partial charge in [-0.25, -0.2) is 0 Å². The van der Waals surface area contributed by atoms with Crippen molar-refractivity contribution in [1.29, 1.82) is 0 Å². The van der Waals surface area contributed by atoms with Gasteiger partial charge in [0.05, 0.1) is 0 Å². The predicted octanol–water partition coefficient (Wildman–Crippen LogP) is 3.03. The van der Waals surface area contributed by atoms with E-state index in [1.807, 2.05) is 11.8 Å². The third-order valence-electron chi connectivity index (χ3n) is 4.39. The van der Waals surface area contributed by atoms with Crippen molar-refractivity contribution in [3.63, 3.8) is 0 Å². The molecule has 0 radical (unpaired) electrons. The highest BCUT2D eigenvalue weighted by molar-refractivity contribution is 8.00. The summed E-state index contributed by atoms with van der Waals surface area (Å²) in [6.07, 6.45) is 7.60. The van der Waals surface area contributed by atoms with E-state index in [4.69, 9.17) is 0 Å². The van der Waals surface area contributed by atoms with Crippen molar-refractivity contribution in [3.8, 4) is 0 Å². The lowest BCUT2D eigenvalue weighted by Crippen LogP contribution is -2.43. The van der Waals surface area contributed by atoms with Crippen molar-refractivity contribution in [3.05, 3.63) is 29.3 Å². The number of para-hydroxylation sites is 1. The molecule has 1 aromatic rings. The van der Waals surface area contributed by atoms with Crippen molar-refractivity contribution in [1.82, 2.24) is 5.32 Å². The Bertz CT molecular complexity index is 421. The summed E-state index contributed by atoms with van der Waals surface area (Å²) < 4.78 is 0.533. The number of rotatable bonds is 5. The zero-order chi connectivity index (χ0) is 12.4. The van der Waals surface area contributed by atoms with Crippen molar-refractivity contribution >= 4 is 17.4 Å². The maximum Gasteiger partial charge on any atom is 0.0419 e. The van der Waals surface area contributed by atoms with Crippen molar-refractivity contribution in [2.75, 3.05) is 24.7 Å². The van der Waals surface area contributed by atoms with Crippen LogP contribution in [0.5, 0.6) is 0 Å². The zero-order valence-electron chi connectivity index (χ0n) is 11.1. The Kier molecular flexibility index (Phi) is 3.53. The van der Waals surface area contributed by atoms with Crippen LogP contribution in [0.1, 0.15) is 30.4 Å². The van der Waals surface area contributed by atoms with E-state index in [0.29, 0.717) is 4.75 Å². The van der Waals surface area contributed by atoms with Crippen LogP contribution in [0, 0.1) is 0 Å². The van der Waals surface area contributed by atoms with Gasteiger partial charge in [-0.3, -0.25) is 0 Å². The second-order valence-electron chi connectivity index (χ2n) is 5.47. The van der Waals surface area contributed by atoms with Crippen LogP contribution in [0.2, 0.25) is 0 Å². The molecule has 0 aromatic heterocycles. The van der Waals surface area contributed by atoms with Crippen LogP contribution < -0.4 is 10.6 Å². The van der Waals surface area contributed by atoms with Gasteiger partial charge >= 0.3 is 0 Å². The van der Waals surface area contributed by atoms with Crippen LogP contribution in [0.4, 0.5) is 5.69 Å². The van der Waals surface area contributed by atoms with Crippen molar-refractivity contribution < 1.29 is 0 Å². The molecular weight excluding hydrogens is 240 g/mol. The Labute approximate surface area is 114 Å². The molecule has 1 aliphatic heterocycles. The van der Waals surface area contributed by atoms with Crippen LogP contribution in [0.15, 0.2) is 18.2 Å². The molecule has 1 aromatic carbocycles. The number of hydrogen-bond donors (Lipinski definition) is 2. The van der Waals surface area contributed by atoms with Gasteiger partial charge in [0.15, 0.2) is 0 Å². The average molecular weight is 262 g/mol. The standard InChI is InChI=1S/C15H22N2S/c1-18-15(7-3-8-15)11-16-10-13-5-2-4-12-6-9-17-14(12)13/h2,4-5,16-17H,3,6-11H2,1H3. The minimum Gasteiger partial charge on any atom is -0.384 e. The summed E-state index contributed by atoms with van der Waals surface area (Å²) in [6, 6.07) is 6.68. The van der Waals surface area contributed by atoms with E-state index in [9.17, 15) is 0 Å². The molecule has 3 rings (SSSR count). The summed E-state index contributed by atoms with van der Waals surface area (Å²) in [6.45, 7) is 3.25. The molecule has 98 valence electrons. The average Bonchev–Trinajstić information content (AvgIpc) is 2.81. The van der Waals surface area contributed by atoms with Crippen LogP contribution in [0.3, 0.4) is 0 Å². The van der Waals surface area contributed by atoms with E-state index < -0.39 is 0 Å². The minimum atomic E-state index is 0.533. The quantitative estimate of drug-likeness (QED) is 0.853. The predicted molar refractivity (Wildman–Crippen MR) is 80.4 cm³/mol.